The molecule has 6 rings (SSSR count). The second-order valence-corrected chi connectivity index (χ2v) is 10.7. The monoisotopic (exact) mass is 521 g/mol. The molecule has 9 heteroatoms. The topological polar surface area (TPSA) is 95.5 Å². The summed E-state index contributed by atoms with van der Waals surface area (Å²) >= 11 is 0. The van der Waals surface area contributed by atoms with Gasteiger partial charge in [-0.05, 0) is 48.5 Å². The predicted octanol–water partition coefficient (Wildman–Crippen LogP) is 4.15. The maximum absolute atomic E-state index is 13.2. The summed E-state index contributed by atoms with van der Waals surface area (Å²) in [6.07, 6.45) is 5.21. The Balaban J connectivity index is 1.13. The lowest BCUT2D eigenvalue weighted by Gasteiger charge is -2.36. The van der Waals surface area contributed by atoms with Crippen LogP contribution < -0.4 is 9.62 Å². The van der Waals surface area contributed by atoms with Crippen molar-refractivity contribution in [3.8, 4) is 0 Å². The number of carbonyl (C=O) groups is 1. The van der Waals surface area contributed by atoms with Crippen LogP contribution in [0.2, 0.25) is 0 Å². The molecule has 0 spiro atoms. The molecule has 1 fully saturated rings. The zero-order valence-electron chi connectivity index (χ0n) is 20.3. The molecule has 0 aliphatic carbocycles. The number of nitrogens with zero attached hydrogens (tertiary/aromatic N) is 4. The molecule has 1 saturated heterocycles. The first kappa shape index (κ1) is 23.7. The second kappa shape index (κ2) is 9.65. The van der Waals surface area contributed by atoms with Crippen molar-refractivity contribution in [1.82, 2.24) is 14.9 Å². The van der Waals surface area contributed by atoms with Crippen molar-refractivity contribution >= 4 is 49.0 Å². The number of carbonyl (C=O) groups excluding carboxylic acids is 1. The molecular weight excluding hydrogens is 498 g/mol. The molecule has 2 aromatic heterocycles. The molecule has 1 N–H and O–H groups in total. The summed E-state index contributed by atoms with van der Waals surface area (Å²) < 4.78 is 28.7. The van der Waals surface area contributed by atoms with Gasteiger partial charge in [0.15, 0.2) is 0 Å². The first-order valence-corrected chi connectivity index (χ1v) is 13.6. The van der Waals surface area contributed by atoms with Crippen molar-refractivity contribution in [1.29, 1.82) is 0 Å². The van der Waals surface area contributed by atoms with Gasteiger partial charge in [0.25, 0.3) is 15.9 Å². The van der Waals surface area contributed by atoms with Crippen LogP contribution in [-0.2, 0) is 10.0 Å². The zero-order valence-corrected chi connectivity index (χ0v) is 21.1. The standard InChI is InChI=1S/C29H23N5O3S/c35-29(34-17-15-33(16-18-34)26-20-30-19-23-5-1-2-8-25(23)26)22-10-12-24(13-11-22)32-38(36,37)27-9-3-6-21-7-4-14-31-28(21)27/h1,3-7,9-14,19-20,32H,15-18H2. The molecule has 5 aromatic rings. The smallest absolute Gasteiger partial charge is 0.264 e. The van der Waals surface area contributed by atoms with E-state index in [4.69, 9.17) is 0 Å². The fourth-order valence-electron chi connectivity index (χ4n) is 4.73. The highest BCUT2D eigenvalue weighted by molar-refractivity contribution is 7.93. The van der Waals surface area contributed by atoms with Gasteiger partial charge in [0.1, 0.15) is 4.90 Å². The van der Waals surface area contributed by atoms with Crippen molar-refractivity contribution in [2.24, 2.45) is 0 Å². The molecule has 1 amide bonds. The molecule has 0 unspecified atom stereocenters. The van der Waals surface area contributed by atoms with E-state index in [1.165, 1.54) is 6.07 Å². The molecule has 1 aliphatic heterocycles. The third-order valence-corrected chi connectivity index (χ3v) is 8.09. The Hall–Kier alpha value is -4.68. The fraction of sp³-hybridized carbons (Fsp3) is 0.138. The van der Waals surface area contributed by atoms with Crippen LogP contribution in [0.25, 0.3) is 21.7 Å². The summed E-state index contributed by atoms with van der Waals surface area (Å²) in [6.45, 7) is 2.47. The third kappa shape index (κ3) is 4.46. The quantitative estimate of drug-likeness (QED) is 0.373. The maximum Gasteiger partial charge on any atom is 0.264 e. The predicted molar refractivity (Wildman–Crippen MR) is 147 cm³/mol. The number of para-hydroxylation sites is 1. The van der Waals surface area contributed by atoms with E-state index in [9.17, 15) is 13.2 Å². The molecule has 0 radical (unpaired) electrons. The average molecular weight is 522 g/mol. The van der Waals surface area contributed by atoms with E-state index >= 15 is 0 Å². The van der Waals surface area contributed by atoms with Gasteiger partial charge in [-0.1, -0.05) is 30.3 Å². The number of rotatable bonds is 5. The van der Waals surface area contributed by atoms with Gasteiger partial charge in [0.2, 0.25) is 0 Å². The van der Waals surface area contributed by atoms with E-state index in [1.54, 1.807) is 42.6 Å². The van der Waals surface area contributed by atoms with E-state index in [1.807, 2.05) is 41.6 Å². The van der Waals surface area contributed by atoms with Crippen molar-refractivity contribution in [3.63, 3.8) is 0 Å². The SMILES string of the molecule is O=C(c1ccc(NS(=O)(=O)c2cccc3cccnc23)cc1)N1CCN(c2cncc3ccc#cc23)CC1. The molecule has 38 heavy (non-hydrogen) atoms. The molecule has 0 bridgehead atoms. The van der Waals surface area contributed by atoms with Gasteiger partial charge >= 0.3 is 0 Å². The van der Waals surface area contributed by atoms with Crippen molar-refractivity contribution in [2.45, 2.75) is 4.90 Å². The van der Waals surface area contributed by atoms with Gasteiger partial charge in [0.05, 0.1) is 22.8 Å². The molecule has 8 nitrogen and oxygen atoms in total. The number of piperazine rings is 1. The summed E-state index contributed by atoms with van der Waals surface area (Å²) in [5.74, 6) is -0.0896. The largest absolute Gasteiger partial charge is 0.366 e. The normalized spacial score (nSPS) is 13.9. The first-order chi connectivity index (χ1) is 18.5. The number of nitrogens with one attached hydrogen (secondary N) is 1. The lowest BCUT2D eigenvalue weighted by atomic mass is 10.1. The van der Waals surface area contributed by atoms with Crippen LogP contribution in [-0.4, -0.2) is 55.4 Å². The van der Waals surface area contributed by atoms with Gasteiger partial charge in [0, 0.05) is 60.6 Å². The average Bonchev–Trinajstić information content (AvgIpc) is 2.96. The lowest BCUT2D eigenvalue weighted by molar-refractivity contribution is 0.0747. The van der Waals surface area contributed by atoms with Crippen molar-refractivity contribution in [3.05, 3.63) is 103 Å². The van der Waals surface area contributed by atoms with Crippen LogP contribution in [0.1, 0.15) is 10.4 Å². The third-order valence-electron chi connectivity index (χ3n) is 6.68. The molecular formula is C29H23N5O3S. The minimum atomic E-state index is -3.86. The Morgan fingerprint density at radius 2 is 1.68 bits per heavy atom. The summed E-state index contributed by atoms with van der Waals surface area (Å²) in [5.41, 5.74) is 2.27. The highest BCUT2D eigenvalue weighted by atomic mass is 32.2. The molecule has 0 saturated carbocycles. The van der Waals surface area contributed by atoms with E-state index in [-0.39, 0.29) is 10.8 Å². The first-order valence-electron chi connectivity index (χ1n) is 12.2. The van der Waals surface area contributed by atoms with Gasteiger partial charge < -0.3 is 9.80 Å². The van der Waals surface area contributed by atoms with Gasteiger partial charge in [-0.2, -0.15) is 0 Å². The van der Waals surface area contributed by atoms with Gasteiger partial charge in [-0.15, -0.1) is 0 Å². The second-order valence-electron chi connectivity index (χ2n) is 9.02. The Bertz CT molecular complexity index is 1740. The maximum atomic E-state index is 13.2. The molecule has 3 heterocycles. The van der Waals surface area contributed by atoms with E-state index in [0.717, 1.165) is 21.8 Å². The molecule has 3 aromatic carbocycles. The minimum Gasteiger partial charge on any atom is -0.366 e. The van der Waals surface area contributed by atoms with Crippen LogP contribution >= 0.6 is 0 Å². The number of anilines is 2. The summed E-state index contributed by atoms with van der Waals surface area (Å²) in [4.78, 5) is 25.9. The summed E-state index contributed by atoms with van der Waals surface area (Å²) in [6, 6.07) is 25.1. The number of hydrogen-bond acceptors (Lipinski definition) is 6. The van der Waals surface area contributed by atoms with E-state index in [2.05, 4.69) is 31.7 Å². The Labute approximate surface area is 220 Å². The Morgan fingerprint density at radius 1 is 0.895 bits per heavy atom. The molecule has 188 valence electrons. The summed E-state index contributed by atoms with van der Waals surface area (Å²) in [5, 5.41) is 2.72. The van der Waals surface area contributed by atoms with Crippen LogP contribution in [0.3, 0.4) is 0 Å². The van der Waals surface area contributed by atoms with Gasteiger partial charge in [-0.3, -0.25) is 19.5 Å². The number of sulfonamides is 1. The minimum absolute atomic E-state index is 0.0896. The van der Waals surface area contributed by atoms with E-state index < -0.39 is 10.0 Å². The Morgan fingerprint density at radius 3 is 2.50 bits per heavy atom. The van der Waals surface area contributed by atoms with Crippen molar-refractivity contribution < 1.29 is 13.2 Å². The number of fused-ring (bicyclic) bond motifs is 2. The number of pyridine rings is 2. The zero-order chi connectivity index (χ0) is 26.1. The van der Waals surface area contributed by atoms with Crippen molar-refractivity contribution in [2.75, 3.05) is 35.8 Å². The number of benzene rings is 2. The highest BCUT2D eigenvalue weighted by Crippen LogP contribution is 2.26. The Kier molecular flexibility index (Phi) is 6.02. The lowest BCUT2D eigenvalue weighted by Crippen LogP contribution is -2.48. The van der Waals surface area contributed by atoms with Crippen LogP contribution in [0, 0.1) is 12.1 Å². The summed E-state index contributed by atoms with van der Waals surface area (Å²) in [7, 11) is -3.86. The fourth-order valence-corrected chi connectivity index (χ4v) is 5.97. The number of amides is 1. The van der Waals surface area contributed by atoms with Crippen LogP contribution in [0.4, 0.5) is 11.4 Å². The molecule has 1 aliphatic rings. The number of hydrogen-bond donors (Lipinski definition) is 1. The van der Waals surface area contributed by atoms with Crippen LogP contribution in [0.15, 0.2) is 90.2 Å². The van der Waals surface area contributed by atoms with E-state index in [0.29, 0.717) is 42.9 Å². The number of aromatic nitrogens is 2. The molecule has 0 atom stereocenters. The van der Waals surface area contributed by atoms with Crippen LogP contribution in [0.5, 0.6) is 0 Å². The van der Waals surface area contributed by atoms with Gasteiger partial charge in [-0.25, -0.2) is 8.42 Å². The highest BCUT2D eigenvalue weighted by Gasteiger charge is 2.24.